The summed E-state index contributed by atoms with van der Waals surface area (Å²) >= 11 is 9.31. The number of oxime groups is 1. The van der Waals surface area contributed by atoms with Crippen LogP contribution in [0.5, 0.6) is 5.75 Å². The standard InChI is InChI=1S/C39H63N5O4S3.C19H22N4OS.C18H28N4O2S/c1-8-10-11-12-13-17-28-48-34-23-18-31(39(6,7)30-38(3,4)5)29-35(34)51(46,47)41-24-27-42(9-2)32-19-21-33(22-20-32)44(36(40)45)50-37(49)43-25-15-14-16-26-43;1-4-22(13-7-11-20)17-9-10-18(15(2)14-17)23(16(3)24)25-19-8-5-6-12-21-19;1-5-20(6-2)16-9-10-17(14(3)13-16)22(15(4)23)25-18(19-24)21-11-7-8-12-21/h18-23,29,41H,8-17,24-28,30H2,1-7H3,(H2,40,45);5-6,8-10,12,14H,4,7,13H2,1-3H3;9-10,13,24H,5-8,11-12H2,1-4H3/b;;19-18-. The van der Waals surface area contributed by atoms with Crippen molar-refractivity contribution < 1.29 is 32.7 Å². The smallest absolute Gasteiger partial charge is 0.329 e. The third kappa shape index (κ3) is 27.0. The molecule has 2 saturated heterocycles. The molecule has 4 amide bonds. The molecule has 0 bridgehead atoms. The highest BCUT2D eigenvalue weighted by Crippen LogP contribution is 2.40. The number of nitrogens with two attached hydrogens (primary N) is 1. The first-order valence-electron chi connectivity index (χ1n) is 35.8. The predicted molar refractivity (Wildman–Crippen MR) is 428 cm³/mol. The lowest BCUT2D eigenvalue weighted by atomic mass is 9.72. The molecule has 3 heterocycles. The zero-order valence-corrected chi connectivity index (χ0v) is 66.5. The van der Waals surface area contributed by atoms with Gasteiger partial charge in [-0.25, -0.2) is 35.8 Å². The minimum absolute atomic E-state index is 0.0525. The number of carbonyl (C=O) groups is 3. The molecule has 4 N–H and O–H groups in total. The number of likely N-dealkylation sites (N-methyl/N-ethyl adjacent to an activating group) is 1. The largest absolute Gasteiger partial charge is 0.492 e. The molecule has 0 atom stereocenters. The van der Waals surface area contributed by atoms with Gasteiger partial charge in [0.15, 0.2) is 4.32 Å². The third-order valence-electron chi connectivity index (χ3n) is 17.4. The van der Waals surface area contributed by atoms with Gasteiger partial charge in [0.05, 0.1) is 36.2 Å². The van der Waals surface area contributed by atoms with E-state index in [1.165, 1.54) is 72.8 Å². The number of sulfonamides is 1. The Labute approximate surface area is 623 Å². The molecule has 0 aliphatic carbocycles. The van der Waals surface area contributed by atoms with Crippen molar-refractivity contribution in [3.63, 3.8) is 0 Å². The normalized spacial score (nSPS) is 13.2. The third-order valence-corrected chi connectivity index (χ3v) is 22.6. The maximum Gasteiger partial charge on any atom is 0.329 e. The number of benzene rings is 4. The van der Waals surface area contributed by atoms with E-state index in [1.807, 2.05) is 105 Å². The first-order chi connectivity index (χ1) is 48.1. The molecule has 0 unspecified atom stereocenters. The molecule has 0 spiro atoms. The fraction of sp³-hybridized carbons (Fsp3) is 0.539. The van der Waals surface area contributed by atoms with Crippen LogP contribution < -0.4 is 42.8 Å². The molecule has 101 heavy (non-hydrogen) atoms. The number of nitriles is 1. The van der Waals surface area contributed by atoms with Crippen LogP contribution in [0, 0.1) is 30.6 Å². The van der Waals surface area contributed by atoms with Crippen molar-refractivity contribution in [1.82, 2.24) is 19.5 Å². The van der Waals surface area contributed by atoms with Crippen LogP contribution in [0.1, 0.15) is 183 Å². The predicted octanol–water partition coefficient (Wildman–Crippen LogP) is 17.1. The van der Waals surface area contributed by atoms with Crippen LogP contribution in [-0.2, 0) is 25.0 Å². The lowest BCUT2D eigenvalue weighted by Crippen LogP contribution is -2.38. The summed E-state index contributed by atoms with van der Waals surface area (Å²) in [6.07, 6.45) is 15.4. The Kier molecular flexibility index (Phi) is 35.7. The van der Waals surface area contributed by atoms with Gasteiger partial charge in [0, 0.05) is 145 Å². The Bertz CT molecular complexity index is 3590. The van der Waals surface area contributed by atoms with E-state index >= 15 is 0 Å². The van der Waals surface area contributed by atoms with Gasteiger partial charge in [-0.05, 0) is 199 Å². The second-order valence-corrected chi connectivity index (χ2v) is 32.3. The number of amides is 4. The summed E-state index contributed by atoms with van der Waals surface area (Å²) < 4.78 is 42.2. The quantitative estimate of drug-likeness (QED) is 0.00769. The van der Waals surface area contributed by atoms with E-state index in [0.717, 1.165) is 147 Å². The fourth-order valence-electron chi connectivity index (χ4n) is 12.4. The number of primary amides is 1. The number of pyridine rings is 1. The molecule has 7 rings (SSSR count). The fourth-order valence-corrected chi connectivity index (χ4v) is 16.6. The highest BCUT2D eigenvalue weighted by Gasteiger charge is 2.31. The number of rotatable bonds is 29. The van der Waals surface area contributed by atoms with Crippen molar-refractivity contribution in [2.24, 2.45) is 16.3 Å². The molecule has 0 saturated carbocycles. The van der Waals surface area contributed by atoms with Crippen LogP contribution in [0.3, 0.4) is 0 Å². The highest BCUT2D eigenvalue weighted by atomic mass is 32.2. The molecule has 25 heteroatoms. The molecule has 20 nitrogen and oxygen atoms in total. The number of aromatic nitrogens is 1. The second kappa shape index (κ2) is 42.6. The van der Waals surface area contributed by atoms with Crippen LogP contribution in [-0.4, -0.2) is 134 Å². The number of piperidine rings is 1. The van der Waals surface area contributed by atoms with Crippen molar-refractivity contribution in [2.75, 3.05) is 106 Å². The number of anilines is 6. The van der Waals surface area contributed by atoms with E-state index in [1.54, 1.807) is 27.8 Å². The Morgan fingerprint density at radius 1 is 0.683 bits per heavy atom. The Morgan fingerprint density at radius 3 is 1.76 bits per heavy atom. The van der Waals surface area contributed by atoms with Gasteiger partial charge in [0.1, 0.15) is 15.7 Å². The molecule has 554 valence electrons. The van der Waals surface area contributed by atoms with Gasteiger partial charge in [0.25, 0.3) is 0 Å². The summed E-state index contributed by atoms with van der Waals surface area (Å²) in [4.78, 5) is 51.9. The number of hydrogen-bond donors (Lipinski definition) is 3. The van der Waals surface area contributed by atoms with Gasteiger partial charge < -0.3 is 40.2 Å². The van der Waals surface area contributed by atoms with E-state index in [9.17, 15) is 28.0 Å². The number of unbranched alkanes of at least 4 members (excludes halogenated alkanes) is 5. The second-order valence-electron chi connectivity index (χ2n) is 27.1. The summed E-state index contributed by atoms with van der Waals surface area (Å²) in [5.74, 6) is 0.248. The van der Waals surface area contributed by atoms with Crippen LogP contribution in [0.2, 0.25) is 0 Å². The number of amidine groups is 1. The van der Waals surface area contributed by atoms with E-state index in [2.05, 4.69) is 115 Å². The summed E-state index contributed by atoms with van der Waals surface area (Å²) in [6.45, 7) is 37.3. The monoisotopic (exact) mass is 1480 g/mol. The van der Waals surface area contributed by atoms with Gasteiger partial charge in [-0.1, -0.05) is 103 Å². The van der Waals surface area contributed by atoms with Gasteiger partial charge in [0.2, 0.25) is 27.0 Å². The number of carbonyl (C=O) groups excluding carboxylic acids is 3. The zero-order valence-electron chi connectivity index (χ0n) is 62.4. The van der Waals surface area contributed by atoms with E-state index < -0.39 is 16.1 Å². The van der Waals surface area contributed by atoms with Crippen LogP contribution in [0.25, 0.3) is 0 Å². The minimum atomic E-state index is -3.89. The molecular formula is C76H113N13O7S5. The molecular weight excluding hydrogens is 1370 g/mol. The number of ether oxygens (including phenoxy) is 1. The number of urea groups is 1. The van der Waals surface area contributed by atoms with Gasteiger partial charge in [-0.3, -0.25) is 9.59 Å². The Morgan fingerprint density at radius 2 is 1.23 bits per heavy atom. The highest BCUT2D eigenvalue weighted by molar-refractivity contribution is 8.24. The Hall–Kier alpha value is -6.95. The van der Waals surface area contributed by atoms with Crippen molar-refractivity contribution in [2.45, 2.75) is 196 Å². The molecule has 4 aromatic carbocycles. The summed E-state index contributed by atoms with van der Waals surface area (Å²) in [7, 11) is -3.89. The summed E-state index contributed by atoms with van der Waals surface area (Å²) in [6, 6.07) is 32.5. The molecule has 0 radical (unpaired) electrons. The van der Waals surface area contributed by atoms with Crippen molar-refractivity contribution in [3.05, 3.63) is 120 Å². The number of nitrogens with one attached hydrogen (secondary N) is 1. The first-order valence-corrected chi connectivity index (χ1v) is 40.0. The average molecular weight is 1480 g/mol. The van der Waals surface area contributed by atoms with Crippen molar-refractivity contribution >= 4 is 120 Å². The molecule has 5 aromatic rings. The molecule has 2 aliphatic heterocycles. The van der Waals surface area contributed by atoms with Gasteiger partial charge >= 0.3 is 6.03 Å². The van der Waals surface area contributed by atoms with Crippen LogP contribution in [0.15, 0.2) is 118 Å². The topological polar surface area (TPSA) is 228 Å². The Balaban J connectivity index is 0.000000305. The van der Waals surface area contributed by atoms with E-state index in [0.29, 0.717) is 53.6 Å². The zero-order chi connectivity index (χ0) is 74.3. The van der Waals surface area contributed by atoms with Crippen LogP contribution in [0.4, 0.5) is 38.9 Å². The van der Waals surface area contributed by atoms with E-state index in [4.69, 9.17) is 28.0 Å². The van der Waals surface area contributed by atoms with E-state index in [-0.39, 0.29) is 34.1 Å². The summed E-state index contributed by atoms with van der Waals surface area (Å²) in [5.41, 5.74) is 14.0. The molecule has 1 aromatic heterocycles. The number of aryl methyl sites for hydroxylation is 2. The van der Waals surface area contributed by atoms with Gasteiger partial charge in [-0.15, -0.1) is 0 Å². The lowest BCUT2D eigenvalue weighted by molar-refractivity contribution is -0.116. The maximum absolute atomic E-state index is 13.9. The number of likely N-dealkylation sites (tertiary alicyclic amines) is 2. The maximum atomic E-state index is 13.9. The number of hydrogen-bond acceptors (Lipinski definition) is 17. The lowest BCUT2D eigenvalue weighted by Gasteiger charge is -2.33. The SMILES string of the molecule is CCCCCCCCOc1ccc(C(C)(C)CC(C)(C)C)cc1S(=O)(=O)NCCN(CC)c1ccc(N(SC(=S)N2CCCCC2)C(N)=O)cc1.CCN(CC)c1ccc(N(S/C(=N\O)N2CCCC2)C(C)=O)c(C)c1.CCN(CCC#N)c1ccc(N(Sc2ccccn2)C(C)=O)c(C)c1. The van der Waals surface area contributed by atoms with Crippen molar-refractivity contribution in [3.8, 4) is 11.8 Å². The summed E-state index contributed by atoms with van der Waals surface area (Å²) in [5, 5.41) is 22.9. The molecule has 2 aliphatic rings. The van der Waals surface area contributed by atoms with Crippen molar-refractivity contribution in [1.29, 1.82) is 5.26 Å². The minimum Gasteiger partial charge on any atom is -0.492 e. The number of thiocarbonyl (C=S) groups is 1. The number of nitrogens with zero attached hydrogens (tertiary/aromatic N) is 11. The molecule has 2 fully saturated rings. The average Bonchev–Trinajstić information content (AvgIpc) is 1.72. The van der Waals surface area contributed by atoms with Gasteiger partial charge in [-0.2, -0.15) is 5.26 Å². The first kappa shape index (κ1) is 84.7. The van der Waals surface area contributed by atoms with Crippen LogP contribution >= 0.6 is 48.1 Å².